The summed E-state index contributed by atoms with van der Waals surface area (Å²) in [5, 5.41) is 12.6. The molecule has 0 spiro atoms. The zero-order chi connectivity index (χ0) is 18.4. The first kappa shape index (κ1) is 18.5. The van der Waals surface area contributed by atoms with Crippen LogP contribution in [-0.4, -0.2) is 29.7 Å². The first-order valence-electron chi connectivity index (χ1n) is 7.70. The number of nitrogens with one attached hydrogen (secondary N) is 1. The molecule has 2 N–H and O–H groups in total. The van der Waals surface area contributed by atoms with Crippen molar-refractivity contribution in [1.82, 2.24) is 10.2 Å². The Bertz CT molecular complexity index is 708. The van der Waals surface area contributed by atoms with Crippen LogP contribution in [0.5, 0.6) is 11.5 Å². The maximum absolute atomic E-state index is 12.3. The molecule has 1 unspecified atom stereocenters. The highest BCUT2D eigenvalue weighted by atomic mass is 19.3. The van der Waals surface area contributed by atoms with Gasteiger partial charge in [-0.1, -0.05) is 30.3 Å². The van der Waals surface area contributed by atoms with E-state index in [-0.39, 0.29) is 30.1 Å². The number of ether oxygens (including phenoxy) is 1. The van der Waals surface area contributed by atoms with Crippen LogP contribution in [0.15, 0.2) is 48.5 Å². The molecular weight excluding hydrogens is 330 g/mol. The fourth-order valence-corrected chi connectivity index (χ4v) is 2.29. The molecular formula is C18H20F2N2O3. The number of phenolic OH excluding ortho intramolecular Hbond substituents is 1. The molecule has 0 aliphatic rings. The van der Waals surface area contributed by atoms with Crippen LogP contribution in [0.3, 0.4) is 0 Å². The van der Waals surface area contributed by atoms with Crippen molar-refractivity contribution < 1.29 is 23.4 Å². The topological polar surface area (TPSA) is 61.8 Å². The summed E-state index contributed by atoms with van der Waals surface area (Å²) in [6, 6.07) is 12.2. The first-order valence-corrected chi connectivity index (χ1v) is 7.70. The molecule has 0 aromatic heterocycles. The van der Waals surface area contributed by atoms with Gasteiger partial charge in [0.1, 0.15) is 11.5 Å². The van der Waals surface area contributed by atoms with Crippen LogP contribution in [0, 0.1) is 0 Å². The van der Waals surface area contributed by atoms with Crippen molar-refractivity contribution in [2.24, 2.45) is 0 Å². The van der Waals surface area contributed by atoms with Crippen molar-refractivity contribution in [2.45, 2.75) is 26.1 Å². The maximum atomic E-state index is 12.3. The van der Waals surface area contributed by atoms with Gasteiger partial charge in [0.25, 0.3) is 0 Å². The van der Waals surface area contributed by atoms with Crippen LogP contribution >= 0.6 is 0 Å². The van der Waals surface area contributed by atoms with Gasteiger partial charge in [-0.3, -0.25) is 0 Å². The van der Waals surface area contributed by atoms with Crippen LogP contribution < -0.4 is 10.1 Å². The number of carbonyl (C=O) groups is 1. The van der Waals surface area contributed by atoms with Gasteiger partial charge in [-0.25, -0.2) is 4.79 Å². The molecule has 0 heterocycles. The standard InChI is InChI=1S/C18H20F2N2O3/c1-12(13-7-9-15(10-8-13)25-17(19)20)21-18(24)22(2)11-14-5-3-4-6-16(14)23/h3-10,12,17,23H,11H2,1-2H3,(H,21,24). The van der Waals surface area contributed by atoms with Gasteiger partial charge in [0.2, 0.25) is 0 Å². The van der Waals surface area contributed by atoms with E-state index in [4.69, 9.17) is 0 Å². The highest BCUT2D eigenvalue weighted by molar-refractivity contribution is 5.74. The molecule has 0 aliphatic carbocycles. The van der Waals surface area contributed by atoms with Gasteiger partial charge in [0.05, 0.1) is 12.6 Å². The van der Waals surface area contributed by atoms with Crippen LogP contribution in [0.4, 0.5) is 13.6 Å². The minimum Gasteiger partial charge on any atom is -0.508 e. The molecule has 134 valence electrons. The Balaban J connectivity index is 1.93. The summed E-state index contributed by atoms with van der Waals surface area (Å²) < 4.78 is 28.6. The van der Waals surface area contributed by atoms with Gasteiger partial charge >= 0.3 is 12.6 Å². The Morgan fingerprint density at radius 1 is 1.20 bits per heavy atom. The molecule has 2 rings (SSSR count). The Kier molecular flexibility index (Phi) is 6.16. The van der Waals surface area contributed by atoms with Crippen molar-refractivity contribution in [2.75, 3.05) is 7.05 Å². The predicted octanol–water partition coefficient (Wildman–Crippen LogP) is 3.90. The molecule has 25 heavy (non-hydrogen) atoms. The number of nitrogens with zero attached hydrogens (tertiary/aromatic N) is 1. The summed E-state index contributed by atoms with van der Waals surface area (Å²) in [7, 11) is 1.62. The molecule has 0 fully saturated rings. The van der Waals surface area contributed by atoms with Gasteiger partial charge in [-0.2, -0.15) is 8.78 Å². The van der Waals surface area contributed by atoms with Gasteiger partial charge in [-0.15, -0.1) is 0 Å². The Morgan fingerprint density at radius 3 is 2.44 bits per heavy atom. The summed E-state index contributed by atoms with van der Waals surface area (Å²) in [6.07, 6.45) is 0. The number of hydrogen-bond donors (Lipinski definition) is 2. The van der Waals surface area contributed by atoms with E-state index < -0.39 is 6.61 Å². The molecule has 0 aliphatic heterocycles. The van der Waals surface area contributed by atoms with E-state index in [0.29, 0.717) is 5.56 Å². The number of benzene rings is 2. The number of hydrogen-bond acceptors (Lipinski definition) is 3. The molecule has 0 radical (unpaired) electrons. The molecule has 5 nitrogen and oxygen atoms in total. The fraction of sp³-hybridized carbons (Fsp3) is 0.278. The lowest BCUT2D eigenvalue weighted by Crippen LogP contribution is -2.38. The van der Waals surface area contributed by atoms with E-state index in [0.717, 1.165) is 5.56 Å². The molecule has 0 bridgehead atoms. The summed E-state index contributed by atoms with van der Waals surface area (Å²) >= 11 is 0. The summed E-state index contributed by atoms with van der Waals surface area (Å²) in [6.45, 7) is -0.827. The van der Waals surface area contributed by atoms with Crippen LogP contribution in [0.2, 0.25) is 0 Å². The van der Waals surface area contributed by atoms with Crippen LogP contribution in [0.25, 0.3) is 0 Å². The summed E-state index contributed by atoms with van der Waals surface area (Å²) in [5.74, 6) is 0.193. The lowest BCUT2D eigenvalue weighted by Gasteiger charge is -2.22. The fourth-order valence-electron chi connectivity index (χ4n) is 2.29. The number of amides is 2. The quantitative estimate of drug-likeness (QED) is 0.831. The zero-order valence-electron chi connectivity index (χ0n) is 13.9. The number of para-hydroxylation sites is 1. The monoisotopic (exact) mass is 350 g/mol. The number of alkyl halides is 2. The maximum Gasteiger partial charge on any atom is 0.387 e. The molecule has 2 aromatic carbocycles. The largest absolute Gasteiger partial charge is 0.508 e. The van der Waals surface area contributed by atoms with Crippen LogP contribution in [-0.2, 0) is 6.54 Å². The summed E-state index contributed by atoms with van der Waals surface area (Å²) in [4.78, 5) is 13.7. The van der Waals surface area contributed by atoms with E-state index in [1.54, 1.807) is 50.4 Å². The van der Waals surface area contributed by atoms with Crippen molar-refractivity contribution >= 4 is 6.03 Å². The second-order valence-electron chi connectivity index (χ2n) is 5.60. The highest BCUT2D eigenvalue weighted by Crippen LogP contribution is 2.20. The number of phenols is 1. The Hall–Kier alpha value is -2.83. The zero-order valence-corrected chi connectivity index (χ0v) is 13.9. The SMILES string of the molecule is CC(NC(=O)N(C)Cc1ccccc1O)c1ccc(OC(F)F)cc1. The van der Waals surface area contributed by atoms with Gasteiger partial charge in [-0.05, 0) is 30.7 Å². The molecule has 1 atom stereocenters. The average molecular weight is 350 g/mol. The molecule has 2 amide bonds. The van der Waals surface area contributed by atoms with Gasteiger partial charge < -0.3 is 20.1 Å². The number of rotatable bonds is 6. The second kappa shape index (κ2) is 8.32. The minimum absolute atomic E-state index is 0.0638. The number of carbonyl (C=O) groups excluding carboxylic acids is 1. The van der Waals surface area contributed by atoms with E-state index in [9.17, 15) is 18.7 Å². The molecule has 0 saturated heterocycles. The number of aromatic hydroxyl groups is 1. The van der Waals surface area contributed by atoms with E-state index in [2.05, 4.69) is 10.1 Å². The third kappa shape index (κ3) is 5.34. The second-order valence-corrected chi connectivity index (χ2v) is 5.60. The van der Waals surface area contributed by atoms with Crippen molar-refractivity contribution in [3.63, 3.8) is 0 Å². The van der Waals surface area contributed by atoms with Crippen molar-refractivity contribution in [1.29, 1.82) is 0 Å². The Morgan fingerprint density at radius 2 is 1.84 bits per heavy atom. The smallest absolute Gasteiger partial charge is 0.387 e. The number of urea groups is 1. The van der Waals surface area contributed by atoms with Crippen molar-refractivity contribution in [3.8, 4) is 11.5 Å². The lowest BCUT2D eigenvalue weighted by molar-refractivity contribution is -0.0498. The summed E-state index contributed by atoms with van der Waals surface area (Å²) in [5.41, 5.74) is 1.40. The van der Waals surface area contributed by atoms with Gasteiger partial charge in [0, 0.05) is 12.6 Å². The average Bonchev–Trinajstić information content (AvgIpc) is 2.56. The highest BCUT2D eigenvalue weighted by Gasteiger charge is 2.15. The number of halogens is 2. The normalized spacial score (nSPS) is 11.9. The van der Waals surface area contributed by atoms with Crippen LogP contribution in [0.1, 0.15) is 24.1 Å². The minimum atomic E-state index is -2.87. The molecule has 0 saturated carbocycles. The molecule has 7 heteroatoms. The van der Waals surface area contributed by atoms with E-state index >= 15 is 0 Å². The predicted molar refractivity (Wildman–Crippen MR) is 89.6 cm³/mol. The third-order valence-electron chi connectivity index (χ3n) is 3.69. The molecule has 2 aromatic rings. The first-order chi connectivity index (χ1) is 11.9. The van der Waals surface area contributed by atoms with Gasteiger partial charge in [0.15, 0.2) is 0 Å². The van der Waals surface area contributed by atoms with Crippen molar-refractivity contribution in [3.05, 3.63) is 59.7 Å². The van der Waals surface area contributed by atoms with E-state index in [1.807, 2.05) is 0 Å². The lowest BCUT2D eigenvalue weighted by atomic mass is 10.1. The third-order valence-corrected chi connectivity index (χ3v) is 3.69. The van der Waals surface area contributed by atoms with E-state index in [1.165, 1.54) is 17.0 Å². The Labute approximate surface area is 144 Å².